The molecule has 0 fully saturated rings. The van der Waals surface area contributed by atoms with E-state index in [-0.39, 0.29) is 23.8 Å². The number of hydrogen-bond donors (Lipinski definition) is 2. The first kappa shape index (κ1) is 17.7. The van der Waals surface area contributed by atoms with Crippen molar-refractivity contribution in [2.24, 2.45) is 11.8 Å². The Labute approximate surface area is 126 Å². The Morgan fingerprint density at radius 1 is 1.24 bits per heavy atom. The summed E-state index contributed by atoms with van der Waals surface area (Å²) >= 11 is 0. The minimum atomic E-state index is -3.59. The molecule has 0 aliphatic heterocycles. The number of nitrogens with one attached hydrogen (secondary N) is 1. The second kappa shape index (κ2) is 7.56. The molecule has 0 unspecified atom stereocenters. The molecule has 1 aromatic carbocycles. The maximum atomic E-state index is 12.2. The van der Waals surface area contributed by atoms with Crippen molar-refractivity contribution in [3.8, 4) is 0 Å². The fourth-order valence-corrected chi connectivity index (χ4v) is 3.30. The summed E-state index contributed by atoms with van der Waals surface area (Å²) in [6, 6.07) is 6.56. The highest BCUT2D eigenvalue weighted by Crippen LogP contribution is 2.16. The van der Waals surface area contributed by atoms with Crippen LogP contribution in [0.4, 0.5) is 0 Å². The number of carboxylic acid groups (broad SMARTS) is 1. The maximum absolute atomic E-state index is 12.2. The molecular formula is C15H23NO4S. The SMILES string of the molecule is Cc1ccc(S(=O)(=O)NC[C@H](CC(=O)O)CC(C)C)cc1. The average Bonchev–Trinajstić information content (AvgIpc) is 2.35. The molecule has 0 saturated heterocycles. The van der Waals surface area contributed by atoms with Crippen LogP contribution in [0.3, 0.4) is 0 Å². The van der Waals surface area contributed by atoms with Crippen molar-refractivity contribution in [1.29, 1.82) is 0 Å². The molecule has 2 N–H and O–H groups in total. The van der Waals surface area contributed by atoms with Crippen molar-refractivity contribution < 1.29 is 18.3 Å². The lowest BCUT2D eigenvalue weighted by atomic mass is 9.94. The van der Waals surface area contributed by atoms with Gasteiger partial charge in [0.25, 0.3) is 0 Å². The summed E-state index contributed by atoms with van der Waals surface area (Å²) < 4.78 is 26.8. The van der Waals surface area contributed by atoms with E-state index in [4.69, 9.17) is 5.11 Å². The molecule has 0 aliphatic rings. The number of benzene rings is 1. The third-order valence-corrected chi connectivity index (χ3v) is 4.60. The highest BCUT2D eigenvalue weighted by molar-refractivity contribution is 7.89. The van der Waals surface area contributed by atoms with Crippen molar-refractivity contribution in [2.75, 3.05) is 6.54 Å². The number of aliphatic carboxylic acids is 1. The lowest BCUT2D eigenvalue weighted by molar-refractivity contribution is -0.138. The maximum Gasteiger partial charge on any atom is 0.303 e. The van der Waals surface area contributed by atoms with E-state index < -0.39 is 16.0 Å². The summed E-state index contributed by atoms with van der Waals surface area (Å²) in [6.45, 7) is 6.00. The summed E-state index contributed by atoms with van der Waals surface area (Å²) in [7, 11) is -3.59. The molecule has 6 heteroatoms. The van der Waals surface area contributed by atoms with Gasteiger partial charge >= 0.3 is 5.97 Å². The van der Waals surface area contributed by atoms with Gasteiger partial charge in [0.15, 0.2) is 0 Å². The molecule has 0 bridgehead atoms. The quantitative estimate of drug-likeness (QED) is 0.772. The van der Waals surface area contributed by atoms with Gasteiger partial charge in [-0.25, -0.2) is 13.1 Å². The van der Waals surface area contributed by atoms with Gasteiger partial charge in [0.2, 0.25) is 10.0 Å². The van der Waals surface area contributed by atoms with E-state index in [1.165, 1.54) is 0 Å². The number of carbonyl (C=O) groups is 1. The highest BCUT2D eigenvalue weighted by Gasteiger charge is 2.19. The molecule has 1 rings (SSSR count). The molecular weight excluding hydrogens is 290 g/mol. The topological polar surface area (TPSA) is 83.5 Å². The standard InChI is InChI=1S/C15H23NO4S/c1-11(2)8-13(9-15(17)18)10-16-21(19,20)14-6-4-12(3)5-7-14/h4-7,11,13,16H,8-10H2,1-3H3,(H,17,18)/t13-/m0/s1. The van der Waals surface area contributed by atoms with Crippen LogP contribution in [0.25, 0.3) is 0 Å². The zero-order chi connectivity index (χ0) is 16.0. The number of sulfonamides is 1. The summed E-state index contributed by atoms with van der Waals surface area (Å²) in [6.07, 6.45) is 0.636. The van der Waals surface area contributed by atoms with E-state index in [1.807, 2.05) is 20.8 Å². The van der Waals surface area contributed by atoms with Gasteiger partial charge in [-0.1, -0.05) is 31.5 Å². The van der Waals surface area contributed by atoms with E-state index in [9.17, 15) is 13.2 Å². The van der Waals surface area contributed by atoms with Crippen LogP contribution < -0.4 is 4.72 Å². The van der Waals surface area contributed by atoms with Crippen LogP contribution in [-0.4, -0.2) is 26.0 Å². The van der Waals surface area contributed by atoms with E-state index in [0.29, 0.717) is 12.3 Å². The van der Waals surface area contributed by atoms with Crippen molar-refractivity contribution >= 4 is 16.0 Å². The van der Waals surface area contributed by atoms with Crippen LogP contribution in [0, 0.1) is 18.8 Å². The first-order valence-corrected chi connectivity index (χ1v) is 8.47. The zero-order valence-corrected chi connectivity index (χ0v) is 13.5. The van der Waals surface area contributed by atoms with Crippen LogP contribution in [0.5, 0.6) is 0 Å². The minimum absolute atomic E-state index is 0.0331. The summed E-state index contributed by atoms with van der Waals surface area (Å²) in [4.78, 5) is 11.0. The summed E-state index contributed by atoms with van der Waals surface area (Å²) in [5.41, 5.74) is 0.984. The van der Waals surface area contributed by atoms with Gasteiger partial charge in [-0.15, -0.1) is 0 Å². The lowest BCUT2D eigenvalue weighted by Gasteiger charge is -2.18. The molecule has 0 spiro atoms. The van der Waals surface area contributed by atoms with Crippen LogP contribution >= 0.6 is 0 Å². The smallest absolute Gasteiger partial charge is 0.303 e. The fraction of sp³-hybridized carbons (Fsp3) is 0.533. The molecule has 0 radical (unpaired) electrons. The molecule has 0 aromatic heterocycles. The van der Waals surface area contributed by atoms with Gasteiger partial charge in [-0.05, 0) is 37.3 Å². The molecule has 5 nitrogen and oxygen atoms in total. The van der Waals surface area contributed by atoms with Gasteiger partial charge in [-0.2, -0.15) is 0 Å². The predicted octanol–water partition coefficient (Wildman–Crippen LogP) is 2.41. The average molecular weight is 313 g/mol. The van der Waals surface area contributed by atoms with Gasteiger partial charge < -0.3 is 5.11 Å². The van der Waals surface area contributed by atoms with E-state index in [2.05, 4.69) is 4.72 Å². The van der Waals surface area contributed by atoms with Crippen molar-refractivity contribution in [3.05, 3.63) is 29.8 Å². The highest BCUT2D eigenvalue weighted by atomic mass is 32.2. The summed E-state index contributed by atoms with van der Waals surface area (Å²) in [5, 5.41) is 8.90. The van der Waals surface area contributed by atoms with E-state index in [0.717, 1.165) is 5.56 Å². The number of rotatable bonds is 8. The second-order valence-corrected chi connectivity index (χ2v) is 7.53. The van der Waals surface area contributed by atoms with E-state index in [1.54, 1.807) is 24.3 Å². The molecule has 0 aliphatic carbocycles. The molecule has 118 valence electrons. The first-order valence-electron chi connectivity index (χ1n) is 6.99. The second-order valence-electron chi connectivity index (χ2n) is 5.76. The van der Waals surface area contributed by atoms with Crippen LogP contribution in [0.1, 0.15) is 32.3 Å². The Morgan fingerprint density at radius 2 is 1.81 bits per heavy atom. The van der Waals surface area contributed by atoms with Crippen LogP contribution in [0.2, 0.25) is 0 Å². The van der Waals surface area contributed by atoms with Crippen molar-refractivity contribution in [1.82, 2.24) is 4.72 Å². The molecule has 21 heavy (non-hydrogen) atoms. The minimum Gasteiger partial charge on any atom is -0.481 e. The normalized spacial score (nSPS) is 13.3. The van der Waals surface area contributed by atoms with Crippen molar-refractivity contribution in [3.63, 3.8) is 0 Å². The van der Waals surface area contributed by atoms with Crippen LogP contribution in [0.15, 0.2) is 29.2 Å². The zero-order valence-electron chi connectivity index (χ0n) is 12.7. The first-order chi connectivity index (χ1) is 9.70. The van der Waals surface area contributed by atoms with Gasteiger partial charge in [0.05, 0.1) is 4.90 Å². The third kappa shape index (κ3) is 6.27. The predicted molar refractivity (Wildman–Crippen MR) is 81.6 cm³/mol. The number of carboxylic acids is 1. The van der Waals surface area contributed by atoms with Gasteiger partial charge in [0, 0.05) is 13.0 Å². The third-order valence-electron chi connectivity index (χ3n) is 3.16. The number of hydrogen-bond acceptors (Lipinski definition) is 3. The summed E-state index contributed by atoms with van der Waals surface area (Å²) in [5.74, 6) is -0.795. The Kier molecular flexibility index (Phi) is 6.36. The van der Waals surface area contributed by atoms with Crippen LogP contribution in [-0.2, 0) is 14.8 Å². The Morgan fingerprint density at radius 3 is 2.29 bits per heavy atom. The molecule has 1 aromatic rings. The largest absolute Gasteiger partial charge is 0.481 e. The Hall–Kier alpha value is -1.40. The monoisotopic (exact) mass is 313 g/mol. The van der Waals surface area contributed by atoms with E-state index >= 15 is 0 Å². The van der Waals surface area contributed by atoms with Crippen molar-refractivity contribution in [2.45, 2.75) is 38.5 Å². The number of aryl methyl sites for hydroxylation is 1. The molecule has 0 saturated carbocycles. The lowest BCUT2D eigenvalue weighted by Crippen LogP contribution is -2.31. The van der Waals surface area contributed by atoms with Gasteiger partial charge in [-0.3, -0.25) is 4.79 Å². The van der Waals surface area contributed by atoms with Gasteiger partial charge in [0.1, 0.15) is 0 Å². The fourth-order valence-electron chi connectivity index (χ4n) is 2.18. The Bertz CT molecular complexity index is 564. The Balaban J connectivity index is 2.73. The molecule has 0 amide bonds. The molecule has 0 heterocycles. The molecule has 1 atom stereocenters.